The van der Waals surface area contributed by atoms with E-state index in [2.05, 4.69) is 5.10 Å². The van der Waals surface area contributed by atoms with Gasteiger partial charge in [0, 0.05) is 29.2 Å². The summed E-state index contributed by atoms with van der Waals surface area (Å²) in [5, 5.41) is 15.4. The number of carboxylic acids is 1. The molecule has 3 aromatic rings. The Kier molecular flexibility index (Phi) is 6.80. The minimum absolute atomic E-state index is 0.0723. The highest BCUT2D eigenvalue weighted by Crippen LogP contribution is 2.32. The Morgan fingerprint density at radius 2 is 1.78 bits per heavy atom. The molecule has 1 heterocycles. The van der Waals surface area contributed by atoms with Gasteiger partial charge in [0.15, 0.2) is 5.78 Å². The van der Waals surface area contributed by atoms with Crippen molar-refractivity contribution < 1.29 is 19.4 Å². The van der Waals surface area contributed by atoms with Crippen molar-refractivity contribution in [1.82, 2.24) is 9.78 Å². The van der Waals surface area contributed by atoms with Gasteiger partial charge in [-0.05, 0) is 68.0 Å². The van der Waals surface area contributed by atoms with E-state index in [9.17, 15) is 14.7 Å². The number of carbonyl (C=O) groups is 2. The third-order valence-electron chi connectivity index (χ3n) is 6.40. The fourth-order valence-corrected chi connectivity index (χ4v) is 4.88. The van der Waals surface area contributed by atoms with Gasteiger partial charge in [-0.1, -0.05) is 24.4 Å². The Balaban J connectivity index is 1.40. The molecule has 1 N–H and O–H groups in total. The summed E-state index contributed by atoms with van der Waals surface area (Å²) in [6.07, 6.45) is 7.76. The molecule has 4 rings (SSSR count). The number of fused-ring (bicyclic) bond motifs is 1. The maximum absolute atomic E-state index is 12.9. The molecule has 1 fully saturated rings. The van der Waals surface area contributed by atoms with Crippen LogP contribution in [0.1, 0.15) is 59.2 Å². The first kappa shape index (κ1) is 22.3. The molecule has 0 aliphatic heterocycles. The number of nitrogens with zero attached hydrogens (tertiary/aromatic N) is 2. The number of hydrogen-bond acceptors (Lipinski definition) is 4. The third-order valence-corrected chi connectivity index (χ3v) is 6.65. The van der Waals surface area contributed by atoms with E-state index in [0.29, 0.717) is 22.1 Å². The number of Topliss-reactive ketones (excluding diaryl/α,β-unsaturated/α-hetero) is 1. The van der Waals surface area contributed by atoms with Crippen molar-refractivity contribution in [3.05, 3.63) is 58.7 Å². The molecule has 0 amide bonds. The number of rotatable bonds is 6. The van der Waals surface area contributed by atoms with Crippen LogP contribution in [-0.4, -0.2) is 33.7 Å². The van der Waals surface area contributed by atoms with Crippen LogP contribution in [0.4, 0.5) is 0 Å². The summed E-state index contributed by atoms with van der Waals surface area (Å²) in [6, 6.07) is 10.4. The van der Waals surface area contributed by atoms with Gasteiger partial charge in [-0.25, -0.2) is 4.79 Å². The van der Waals surface area contributed by atoms with Gasteiger partial charge in [0.25, 0.3) is 0 Å². The van der Waals surface area contributed by atoms with Gasteiger partial charge in [0.2, 0.25) is 0 Å². The first-order valence-corrected chi connectivity index (χ1v) is 11.4. The van der Waals surface area contributed by atoms with Crippen LogP contribution in [0, 0.1) is 11.8 Å². The lowest BCUT2D eigenvalue weighted by molar-refractivity contribution is 0.0693. The molecule has 0 spiro atoms. The van der Waals surface area contributed by atoms with Crippen molar-refractivity contribution in [1.29, 1.82) is 0 Å². The van der Waals surface area contributed by atoms with Gasteiger partial charge >= 0.3 is 5.97 Å². The minimum Gasteiger partial charge on any atom is -0.495 e. The van der Waals surface area contributed by atoms with Gasteiger partial charge in [0.1, 0.15) is 11.3 Å². The summed E-state index contributed by atoms with van der Waals surface area (Å²) < 4.78 is 7.27. The van der Waals surface area contributed by atoms with Gasteiger partial charge in [-0.3, -0.25) is 9.48 Å². The highest BCUT2D eigenvalue weighted by Gasteiger charge is 2.24. The largest absolute Gasteiger partial charge is 0.495 e. The Hall–Kier alpha value is -2.86. The molecule has 0 radical (unpaired) electrons. The van der Waals surface area contributed by atoms with Crippen molar-refractivity contribution >= 4 is 34.3 Å². The van der Waals surface area contributed by atoms with Crippen molar-refractivity contribution in [3.8, 4) is 5.75 Å². The summed E-state index contributed by atoms with van der Waals surface area (Å²) in [6.45, 7) is 0.774. The van der Waals surface area contributed by atoms with E-state index in [1.807, 2.05) is 23.0 Å². The van der Waals surface area contributed by atoms with Crippen molar-refractivity contribution in [3.63, 3.8) is 0 Å². The van der Waals surface area contributed by atoms with Crippen LogP contribution in [0.25, 0.3) is 10.9 Å². The summed E-state index contributed by atoms with van der Waals surface area (Å²) in [5.74, 6) is 0.102. The van der Waals surface area contributed by atoms with Crippen LogP contribution in [0.15, 0.2) is 42.6 Å². The topological polar surface area (TPSA) is 81.4 Å². The number of ketones is 1. The molecule has 0 bridgehead atoms. The molecule has 32 heavy (non-hydrogen) atoms. The smallest absolute Gasteiger partial charge is 0.339 e. The zero-order valence-electron chi connectivity index (χ0n) is 18.1. The number of aromatic carboxylic acids is 1. The average Bonchev–Trinajstić information content (AvgIpc) is 3.17. The van der Waals surface area contributed by atoms with Crippen LogP contribution in [0.5, 0.6) is 5.75 Å². The van der Waals surface area contributed by atoms with Gasteiger partial charge in [0.05, 0.1) is 18.0 Å². The Morgan fingerprint density at radius 1 is 1.09 bits per heavy atom. The Bertz CT molecular complexity index is 1110. The number of aromatic nitrogens is 2. The van der Waals surface area contributed by atoms with E-state index in [1.54, 1.807) is 18.2 Å². The molecule has 2 aromatic carbocycles. The fourth-order valence-electron chi connectivity index (χ4n) is 4.75. The number of carbonyl (C=O) groups excluding carboxylic acids is 1. The molecular weight excluding hydrogens is 428 g/mol. The maximum atomic E-state index is 12.9. The SMILES string of the molecule is COc1c(C(=O)O)ccc2nn(CC3CCCC(C(=O)c4ccc(Cl)cc4)CCC3)cc12. The van der Waals surface area contributed by atoms with Crippen LogP contribution < -0.4 is 4.74 Å². The zero-order valence-corrected chi connectivity index (χ0v) is 18.8. The van der Waals surface area contributed by atoms with Crippen molar-refractivity contribution in [2.75, 3.05) is 7.11 Å². The van der Waals surface area contributed by atoms with E-state index in [1.165, 1.54) is 13.2 Å². The molecule has 0 unspecified atom stereocenters. The second-order valence-electron chi connectivity index (χ2n) is 8.53. The standard InChI is InChI=1S/C25H27ClN2O4/c1-32-24-20(25(30)31)12-13-22-21(24)15-28(27-22)14-16-4-2-6-17(7-3-5-16)23(29)18-8-10-19(26)11-9-18/h8-13,15-17H,2-7,14H2,1H3,(H,30,31). The molecule has 168 valence electrons. The molecule has 1 aromatic heterocycles. The highest BCUT2D eigenvalue weighted by atomic mass is 35.5. The van der Waals surface area contributed by atoms with E-state index >= 15 is 0 Å². The molecular formula is C25H27ClN2O4. The molecule has 1 saturated carbocycles. The lowest BCUT2D eigenvalue weighted by Gasteiger charge is -2.24. The quantitative estimate of drug-likeness (QED) is 0.471. The predicted octanol–water partition coefficient (Wildman–Crippen LogP) is 5.87. The molecule has 7 heteroatoms. The summed E-state index contributed by atoms with van der Waals surface area (Å²) in [7, 11) is 1.48. The van der Waals surface area contributed by atoms with Crippen LogP contribution >= 0.6 is 11.6 Å². The van der Waals surface area contributed by atoms with Crippen LogP contribution in [0.3, 0.4) is 0 Å². The monoisotopic (exact) mass is 454 g/mol. The van der Waals surface area contributed by atoms with Crippen molar-refractivity contribution in [2.24, 2.45) is 11.8 Å². The maximum Gasteiger partial charge on any atom is 0.339 e. The zero-order chi connectivity index (χ0) is 22.7. The highest BCUT2D eigenvalue weighted by molar-refractivity contribution is 6.30. The fraction of sp³-hybridized carbons (Fsp3) is 0.400. The first-order valence-electron chi connectivity index (χ1n) is 11.0. The van der Waals surface area contributed by atoms with E-state index in [4.69, 9.17) is 16.3 Å². The third kappa shape index (κ3) is 4.80. The van der Waals surface area contributed by atoms with Crippen LogP contribution in [-0.2, 0) is 6.54 Å². The number of hydrogen-bond donors (Lipinski definition) is 1. The lowest BCUT2D eigenvalue weighted by Crippen LogP contribution is -2.20. The van der Waals surface area contributed by atoms with Gasteiger partial charge in [-0.2, -0.15) is 5.10 Å². The molecule has 1 aliphatic carbocycles. The number of carboxylic acid groups (broad SMARTS) is 1. The molecule has 0 saturated heterocycles. The molecule has 0 atom stereocenters. The first-order chi connectivity index (χ1) is 15.5. The lowest BCUT2D eigenvalue weighted by atomic mass is 9.82. The molecule has 6 nitrogen and oxygen atoms in total. The summed E-state index contributed by atoms with van der Waals surface area (Å²) in [4.78, 5) is 24.3. The summed E-state index contributed by atoms with van der Waals surface area (Å²) in [5.41, 5.74) is 1.61. The second-order valence-corrected chi connectivity index (χ2v) is 8.97. The second kappa shape index (κ2) is 9.74. The predicted molar refractivity (Wildman–Crippen MR) is 124 cm³/mol. The Labute approximate surface area is 192 Å². The average molecular weight is 455 g/mol. The minimum atomic E-state index is -1.01. The normalized spacial score (nSPS) is 19.3. The van der Waals surface area contributed by atoms with E-state index in [0.717, 1.165) is 56.1 Å². The summed E-state index contributed by atoms with van der Waals surface area (Å²) >= 11 is 5.95. The van der Waals surface area contributed by atoms with Gasteiger partial charge < -0.3 is 9.84 Å². The Morgan fingerprint density at radius 3 is 2.41 bits per heavy atom. The number of ether oxygens (including phenoxy) is 1. The number of halogens is 1. The van der Waals surface area contributed by atoms with E-state index in [-0.39, 0.29) is 17.3 Å². The van der Waals surface area contributed by atoms with Crippen LogP contribution in [0.2, 0.25) is 5.02 Å². The van der Waals surface area contributed by atoms with Crippen molar-refractivity contribution in [2.45, 2.75) is 45.1 Å². The van der Waals surface area contributed by atoms with Gasteiger partial charge in [-0.15, -0.1) is 0 Å². The number of benzene rings is 2. The van der Waals surface area contributed by atoms with E-state index < -0.39 is 5.97 Å². The molecule has 1 aliphatic rings. The number of methoxy groups -OCH3 is 1.